The van der Waals surface area contributed by atoms with Crippen LogP contribution in [0.1, 0.15) is 39.5 Å². The first kappa shape index (κ1) is 16.0. The fourth-order valence-electron chi connectivity index (χ4n) is 2.81. The Morgan fingerprint density at radius 2 is 2.11 bits per heavy atom. The van der Waals surface area contributed by atoms with E-state index < -0.39 is 0 Å². The molecule has 0 aliphatic heterocycles. The molecular formula is C14H26BrNO2. The van der Waals surface area contributed by atoms with Crippen LogP contribution in [0.15, 0.2) is 0 Å². The van der Waals surface area contributed by atoms with E-state index in [2.05, 4.69) is 29.8 Å². The van der Waals surface area contributed by atoms with Gasteiger partial charge in [0.1, 0.15) is 0 Å². The molecule has 1 amide bonds. The van der Waals surface area contributed by atoms with Crippen molar-refractivity contribution in [3.63, 3.8) is 0 Å². The highest BCUT2D eigenvalue weighted by Crippen LogP contribution is 2.41. The summed E-state index contributed by atoms with van der Waals surface area (Å²) in [5.41, 5.74) is 0.146. The quantitative estimate of drug-likeness (QED) is 0.704. The van der Waals surface area contributed by atoms with Crippen LogP contribution in [0.5, 0.6) is 0 Å². The number of halogens is 1. The Bertz CT molecular complexity index is 269. The highest BCUT2D eigenvalue weighted by molar-refractivity contribution is 9.09. The van der Waals surface area contributed by atoms with Crippen molar-refractivity contribution in [3.05, 3.63) is 0 Å². The lowest BCUT2D eigenvalue weighted by molar-refractivity contribution is -0.141. The molecule has 1 saturated carbocycles. The van der Waals surface area contributed by atoms with Gasteiger partial charge >= 0.3 is 0 Å². The van der Waals surface area contributed by atoms with Crippen LogP contribution in [0.2, 0.25) is 0 Å². The van der Waals surface area contributed by atoms with Gasteiger partial charge in [0, 0.05) is 31.4 Å². The SMILES string of the molecule is COCCN(CCBr)C(=O)C1CCCCC1(C)C. The smallest absolute Gasteiger partial charge is 0.226 e. The Morgan fingerprint density at radius 1 is 1.39 bits per heavy atom. The number of nitrogens with zero attached hydrogens (tertiary/aromatic N) is 1. The minimum Gasteiger partial charge on any atom is -0.383 e. The zero-order valence-electron chi connectivity index (χ0n) is 11.9. The van der Waals surface area contributed by atoms with E-state index in [1.165, 1.54) is 12.8 Å². The number of hydrogen-bond donors (Lipinski definition) is 0. The molecule has 106 valence electrons. The van der Waals surface area contributed by atoms with Crippen LogP contribution >= 0.6 is 15.9 Å². The predicted octanol–water partition coefficient (Wildman–Crippen LogP) is 3.07. The number of rotatable bonds is 6. The van der Waals surface area contributed by atoms with E-state index in [-0.39, 0.29) is 11.3 Å². The summed E-state index contributed by atoms with van der Waals surface area (Å²) in [5, 5.41) is 0.829. The van der Waals surface area contributed by atoms with E-state index in [1.54, 1.807) is 7.11 Å². The molecule has 0 bridgehead atoms. The lowest BCUT2D eigenvalue weighted by atomic mass is 9.68. The average molecular weight is 320 g/mol. The van der Waals surface area contributed by atoms with Crippen LogP contribution < -0.4 is 0 Å². The topological polar surface area (TPSA) is 29.5 Å². The van der Waals surface area contributed by atoms with E-state index in [1.807, 2.05) is 4.90 Å². The van der Waals surface area contributed by atoms with Crippen LogP contribution in [0.4, 0.5) is 0 Å². The van der Waals surface area contributed by atoms with E-state index in [4.69, 9.17) is 4.74 Å². The molecule has 1 aliphatic carbocycles. The van der Waals surface area contributed by atoms with Gasteiger partial charge in [-0.3, -0.25) is 4.79 Å². The van der Waals surface area contributed by atoms with Gasteiger partial charge in [-0.2, -0.15) is 0 Å². The summed E-state index contributed by atoms with van der Waals surface area (Å²) in [4.78, 5) is 14.6. The van der Waals surface area contributed by atoms with Gasteiger partial charge in [-0.05, 0) is 18.3 Å². The summed E-state index contributed by atoms with van der Waals surface area (Å²) in [7, 11) is 1.68. The molecule has 3 nitrogen and oxygen atoms in total. The molecule has 0 aromatic carbocycles. The number of ether oxygens (including phenoxy) is 1. The van der Waals surface area contributed by atoms with Crippen molar-refractivity contribution in [2.24, 2.45) is 11.3 Å². The summed E-state index contributed by atoms with van der Waals surface area (Å²) in [5.74, 6) is 0.498. The third-order valence-corrected chi connectivity index (χ3v) is 4.39. The largest absolute Gasteiger partial charge is 0.383 e. The zero-order valence-corrected chi connectivity index (χ0v) is 13.5. The Labute approximate surface area is 119 Å². The van der Waals surface area contributed by atoms with E-state index in [0.29, 0.717) is 19.1 Å². The first-order valence-corrected chi connectivity index (χ1v) is 7.98. The third-order valence-electron chi connectivity index (χ3n) is 4.04. The second-order valence-electron chi connectivity index (χ2n) is 5.79. The standard InChI is InChI=1S/C14H26BrNO2/c1-14(2)7-5-4-6-12(14)13(17)16(9-8-15)10-11-18-3/h12H,4-11H2,1-3H3. The molecule has 0 spiro atoms. The van der Waals surface area contributed by atoms with Gasteiger partial charge in [0.05, 0.1) is 6.61 Å². The second kappa shape index (κ2) is 7.49. The van der Waals surface area contributed by atoms with Gasteiger partial charge in [-0.25, -0.2) is 0 Å². The van der Waals surface area contributed by atoms with Crippen LogP contribution in [-0.2, 0) is 9.53 Å². The minimum atomic E-state index is 0.146. The monoisotopic (exact) mass is 319 g/mol. The van der Waals surface area contributed by atoms with Gasteiger partial charge < -0.3 is 9.64 Å². The lowest BCUT2D eigenvalue weighted by Crippen LogP contribution is -2.45. The summed E-state index contributed by atoms with van der Waals surface area (Å²) in [6, 6.07) is 0. The molecular weight excluding hydrogens is 294 g/mol. The number of alkyl halides is 1. The van der Waals surface area contributed by atoms with Crippen LogP contribution in [-0.4, -0.2) is 42.9 Å². The summed E-state index contributed by atoms with van der Waals surface area (Å²) < 4.78 is 5.10. The molecule has 0 aromatic rings. The average Bonchev–Trinajstić information content (AvgIpc) is 2.33. The Hall–Kier alpha value is -0.0900. The number of hydrogen-bond acceptors (Lipinski definition) is 2. The van der Waals surface area contributed by atoms with E-state index in [9.17, 15) is 4.79 Å². The first-order chi connectivity index (χ1) is 8.53. The van der Waals surface area contributed by atoms with Gasteiger partial charge in [-0.1, -0.05) is 42.6 Å². The van der Waals surface area contributed by atoms with Crippen molar-refractivity contribution < 1.29 is 9.53 Å². The highest BCUT2D eigenvalue weighted by atomic mass is 79.9. The molecule has 0 aromatic heterocycles. The predicted molar refractivity (Wildman–Crippen MR) is 78.0 cm³/mol. The molecule has 0 heterocycles. The fourth-order valence-corrected chi connectivity index (χ4v) is 3.24. The fraction of sp³-hybridized carbons (Fsp3) is 0.929. The van der Waals surface area contributed by atoms with E-state index in [0.717, 1.165) is 24.7 Å². The molecule has 1 rings (SSSR count). The molecule has 0 radical (unpaired) electrons. The summed E-state index contributed by atoms with van der Waals surface area (Å²) in [6.07, 6.45) is 4.65. The Morgan fingerprint density at radius 3 is 2.67 bits per heavy atom. The first-order valence-electron chi connectivity index (χ1n) is 6.86. The maximum absolute atomic E-state index is 12.7. The van der Waals surface area contributed by atoms with Crippen molar-refractivity contribution in [1.82, 2.24) is 4.90 Å². The molecule has 4 heteroatoms. The Kier molecular flexibility index (Phi) is 6.64. The van der Waals surface area contributed by atoms with Crippen molar-refractivity contribution >= 4 is 21.8 Å². The van der Waals surface area contributed by atoms with Crippen LogP contribution in [0.25, 0.3) is 0 Å². The van der Waals surface area contributed by atoms with Gasteiger partial charge in [0.2, 0.25) is 5.91 Å². The number of amides is 1. The molecule has 1 atom stereocenters. The van der Waals surface area contributed by atoms with Crippen molar-refractivity contribution in [1.29, 1.82) is 0 Å². The van der Waals surface area contributed by atoms with E-state index >= 15 is 0 Å². The minimum absolute atomic E-state index is 0.146. The van der Waals surface area contributed by atoms with Crippen molar-refractivity contribution in [2.45, 2.75) is 39.5 Å². The van der Waals surface area contributed by atoms with Gasteiger partial charge in [0.25, 0.3) is 0 Å². The van der Waals surface area contributed by atoms with Crippen molar-refractivity contribution in [2.75, 3.05) is 32.1 Å². The molecule has 1 unspecified atom stereocenters. The Balaban J connectivity index is 2.67. The maximum Gasteiger partial charge on any atom is 0.226 e. The third kappa shape index (κ3) is 4.23. The molecule has 1 aliphatic rings. The maximum atomic E-state index is 12.7. The molecule has 1 fully saturated rings. The lowest BCUT2D eigenvalue weighted by Gasteiger charge is -2.40. The van der Waals surface area contributed by atoms with Gasteiger partial charge in [0.15, 0.2) is 0 Å². The van der Waals surface area contributed by atoms with Crippen LogP contribution in [0.3, 0.4) is 0 Å². The second-order valence-corrected chi connectivity index (χ2v) is 6.59. The van der Waals surface area contributed by atoms with Crippen LogP contribution in [0, 0.1) is 11.3 Å². The summed E-state index contributed by atoms with van der Waals surface area (Å²) >= 11 is 3.43. The molecule has 0 N–H and O–H groups in total. The normalized spacial score (nSPS) is 22.8. The molecule has 0 saturated heterocycles. The molecule has 18 heavy (non-hydrogen) atoms. The number of methoxy groups -OCH3 is 1. The zero-order chi connectivity index (χ0) is 13.6. The number of carbonyl (C=O) groups is 1. The van der Waals surface area contributed by atoms with Gasteiger partial charge in [-0.15, -0.1) is 0 Å². The number of carbonyl (C=O) groups excluding carboxylic acids is 1. The van der Waals surface area contributed by atoms with Crippen molar-refractivity contribution in [3.8, 4) is 0 Å². The highest BCUT2D eigenvalue weighted by Gasteiger charge is 2.38. The summed E-state index contributed by atoms with van der Waals surface area (Å²) in [6.45, 7) is 6.56.